The first-order valence-corrected chi connectivity index (χ1v) is 3.49. The lowest BCUT2D eigenvalue weighted by molar-refractivity contribution is 0.612. The second kappa shape index (κ2) is 2.66. The Morgan fingerprint density at radius 2 is 2.00 bits per heavy atom. The van der Waals surface area contributed by atoms with Crippen molar-refractivity contribution in [1.29, 1.82) is 0 Å². The highest BCUT2D eigenvalue weighted by atomic mass is 35.5. The van der Waals surface area contributed by atoms with Crippen LogP contribution < -0.4 is 5.73 Å². The quantitative estimate of drug-likeness (QED) is 0.612. The van der Waals surface area contributed by atoms with E-state index in [1.54, 1.807) is 13.8 Å². The van der Waals surface area contributed by atoms with Gasteiger partial charge in [0.05, 0.1) is 11.4 Å². The van der Waals surface area contributed by atoms with Crippen LogP contribution in [0.1, 0.15) is 11.3 Å². The highest BCUT2D eigenvalue weighted by molar-refractivity contribution is 6.29. The Morgan fingerprint density at radius 1 is 1.45 bits per heavy atom. The van der Waals surface area contributed by atoms with Gasteiger partial charge in [0.2, 0.25) is 0 Å². The van der Waals surface area contributed by atoms with E-state index in [0.29, 0.717) is 16.9 Å². The van der Waals surface area contributed by atoms with Crippen LogP contribution in [0.4, 0.5) is 10.1 Å². The first-order chi connectivity index (χ1) is 5.04. The molecular formula is C7H8ClFN2. The Labute approximate surface area is 69.2 Å². The zero-order chi connectivity index (χ0) is 8.59. The van der Waals surface area contributed by atoms with E-state index in [4.69, 9.17) is 17.3 Å². The fourth-order valence-electron chi connectivity index (χ4n) is 0.801. The first-order valence-electron chi connectivity index (χ1n) is 3.11. The molecule has 0 atom stereocenters. The lowest BCUT2D eigenvalue weighted by Gasteiger charge is -2.05. The summed E-state index contributed by atoms with van der Waals surface area (Å²) in [5.41, 5.74) is 6.79. The first kappa shape index (κ1) is 8.27. The number of nitrogen functional groups attached to an aromatic ring is 1. The highest BCUT2D eigenvalue weighted by Crippen LogP contribution is 2.22. The molecule has 1 aromatic heterocycles. The van der Waals surface area contributed by atoms with E-state index in [1.807, 2.05) is 0 Å². The molecule has 4 heteroatoms. The SMILES string of the molecule is Cc1nc(Cl)c(F)c(C)c1N. The molecule has 0 fully saturated rings. The molecule has 1 heterocycles. The van der Waals surface area contributed by atoms with E-state index in [0.717, 1.165) is 0 Å². The average molecular weight is 175 g/mol. The zero-order valence-corrected chi connectivity index (χ0v) is 7.04. The molecule has 0 radical (unpaired) electrons. The maximum Gasteiger partial charge on any atom is 0.165 e. The van der Waals surface area contributed by atoms with Gasteiger partial charge >= 0.3 is 0 Å². The molecular weight excluding hydrogens is 167 g/mol. The van der Waals surface area contributed by atoms with Gasteiger partial charge in [-0.2, -0.15) is 0 Å². The van der Waals surface area contributed by atoms with Crippen LogP contribution in [0.3, 0.4) is 0 Å². The summed E-state index contributed by atoms with van der Waals surface area (Å²) in [5.74, 6) is -0.533. The fourth-order valence-corrected chi connectivity index (χ4v) is 1.07. The highest BCUT2D eigenvalue weighted by Gasteiger charge is 2.09. The molecule has 0 saturated heterocycles. The smallest absolute Gasteiger partial charge is 0.165 e. The second-order valence-electron chi connectivity index (χ2n) is 2.34. The third-order valence-corrected chi connectivity index (χ3v) is 1.82. The molecule has 0 aromatic carbocycles. The summed E-state index contributed by atoms with van der Waals surface area (Å²) in [5, 5.41) is -0.116. The van der Waals surface area contributed by atoms with Crippen molar-refractivity contribution in [2.75, 3.05) is 5.73 Å². The maximum absolute atomic E-state index is 12.9. The summed E-state index contributed by atoms with van der Waals surface area (Å²) in [6.45, 7) is 3.26. The minimum atomic E-state index is -0.533. The van der Waals surface area contributed by atoms with Crippen molar-refractivity contribution in [2.24, 2.45) is 0 Å². The zero-order valence-electron chi connectivity index (χ0n) is 6.28. The van der Waals surface area contributed by atoms with Crippen LogP contribution in [0.5, 0.6) is 0 Å². The van der Waals surface area contributed by atoms with Gasteiger partial charge in [0, 0.05) is 5.56 Å². The monoisotopic (exact) mass is 174 g/mol. The summed E-state index contributed by atoms with van der Waals surface area (Å²) < 4.78 is 12.9. The number of hydrogen-bond donors (Lipinski definition) is 1. The van der Waals surface area contributed by atoms with Gasteiger partial charge in [0.15, 0.2) is 11.0 Å². The number of rotatable bonds is 0. The number of halogens is 2. The maximum atomic E-state index is 12.9. The lowest BCUT2D eigenvalue weighted by atomic mass is 10.2. The van der Waals surface area contributed by atoms with Gasteiger partial charge in [-0.15, -0.1) is 0 Å². The molecule has 0 spiro atoms. The van der Waals surface area contributed by atoms with E-state index in [-0.39, 0.29) is 5.15 Å². The molecule has 0 aliphatic rings. The second-order valence-corrected chi connectivity index (χ2v) is 2.70. The molecule has 2 nitrogen and oxygen atoms in total. The largest absolute Gasteiger partial charge is 0.397 e. The average Bonchev–Trinajstić information content (AvgIpc) is 1.97. The number of nitrogens with zero attached hydrogens (tertiary/aromatic N) is 1. The van der Waals surface area contributed by atoms with Gasteiger partial charge in [-0.25, -0.2) is 9.37 Å². The molecule has 1 rings (SSSR count). The summed E-state index contributed by atoms with van der Waals surface area (Å²) in [6, 6.07) is 0. The van der Waals surface area contributed by atoms with Gasteiger partial charge in [-0.05, 0) is 13.8 Å². The number of anilines is 1. The third kappa shape index (κ3) is 1.28. The minimum Gasteiger partial charge on any atom is -0.397 e. The van der Waals surface area contributed by atoms with E-state index in [2.05, 4.69) is 4.98 Å². The molecule has 0 aliphatic heterocycles. The molecule has 0 bridgehead atoms. The van der Waals surface area contributed by atoms with Crippen molar-refractivity contribution >= 4 is 17.3 Å². The molecule has 0 saturated carbocycles. The predicted molar refractivity (Wildman–Crippen MR) is 43.1 cm³/mol. The normalized spacial score (nSPS) is 10.2. The van der Waals surface area contributed by atoms with Crippen molar-refractivity contribution < 1.29 is 4.39 Å². The van der Waals surface area contributed by atoms with E-state index in [9.17, 15) is 4.39 Å². The van der Waals surface area contributed by atoms with Crippen LogP contribution in [0.15, 0.2) is 0 Å². The Hall–Kier alpha value is -0.830. The Morgan fingerprint density at radius 3 is 2.55 bits per heavy atom. The number of pyridine rings is 1. The Kier molecular flexibility index (Phi) is 2.00. The molecule has 0 amide bonds. The van der Waals surface area contributed by atoms with Crippen LogP contribution in [-0.4, -0.2) is 4.98 Å². The van der Waals surface area contributed by atoms with Crippen LogP contribution in [0.2, 0.25) is 5.15 Å². The fraction of sp³-hybridized carbons (Fsp3) is 0.286. The minimum absolute atomic E-state index is 0.116. The van der Waals surface area contributed by atoms with Crippen molar-refractivity contribution in [3.63, 3.8) is 0 Å². The summed E-state index contributed by atoms with van der Waals surface area (Å²) in [7, 11) is 0. The standard InChI is InChI=1S/C7H8ClFN2/c1-3-5(9)7(8)11-4(2)6(3)10/h10H2,1-2H3. The summed E-state index contributed by atoms with van der Waals surface area (Å²) in [6.07, 6.45) is 0. The Balaban J connectivity index is 3.46. The summed E-state index contributed by atoms with van der Waals surface area (Å²) >= 11 is 5.45. The van der Waals surface area contributed by atoms with Gasteiger partial charge in [-0.3, -0.25) is 0 Å². The molecule has 2 N–H and O–H groups in total. The van der Waals surface area contributed by atoms with Gasteiger partial charge < -0.3 is 5.73 Å². The van der Waals surface area contributed by atoms with E-state index >= 15 is 0 Å². The van der Waals surface area contributed by atoms with Crippen LogP contribution in [0, 0.1) is 19.7 Å². The topological polar surface area (TPSA) is 38.9 Å². The van der Waals surface area contributed by atoms with E-state index < -0.39 is 5.82 Å². The molecule has 1 aromatic rings. The van der Waals surface area contributed by atoms with Crippen LogP contribution in [0.25, 0.3) is 0 Å². The summed E-state index contributed by atoms with van der Waals surface area (Å²) in [4.78, 5) is 3.70. The molecule has 11 heavy (non-hydrogen) atoms. The van der Waals surface area contributed by atoms with Crippen LogP contribution in [-0.2, 0) is 0 Å². The van der Waals surface area contributed by atoms with Gasteiger partial charge in [-0.1, -0.05) is 11.6 Å². The van der Waals surface area contributed by atoms with Crippen LogP contribution >= 0.6 is 11.6 Å². The molecule has 0 unspecified atom stereocenters. The number of aromatic nitrogens is 1. The van der Waals surface area contributed by atoms with Crippen molar-refractivity contribution in [1.82, 2.24) is 4.98 Å². The van der Waals surface area contributed by atoms with E-state index in [1.165, 1.54) is 0 Å². The van der Waals surface area contributed by atoms with Gasteiger partial charge in [0.1, 0.15) is 0 Å². The Bertz CT molecular complexity index is 273. The number of hydrogen-bond acceptors (Lipinski definition) is 2. The number of nitrogens with two attached hydrogens (primary N) is 1. The third-order valence-electron chi connectivity index (χ3n) is 1.57. The van der Waals surface area contributed by atoms with Gasteiger partial charge in [0.25, 0.3) is 0 Å². The van der Waals surface area contributed by atoms with Crippen molar-refractivity contribution in [3.05, 3.63) is 22.2 Å². The predicted octanol–water partition coefficient (Wildman–Crippen LogP) is 2.07. The van der Waals surface area contributed by atoms with Crippen molar-refractivity contribution in [3.8, 4) is 0 Å². The van der Waals surface area contributed by atoms with Crippen molar-refractivity contribution in [2.45, 2.75) is 13.8 Å². The lowest BCUT2D eigenvalue weighted by Crippen LogP contribution is -2.00. The number of aryl methyl sites for hydroxylation is 1. The molecule has 0 aliphatic carbocycles. The molecule has 60 valence electrons.